The fraction of sp³-hybridized carbons (Fsp3) is 0.357. The molecule has 0 N–H and O–H groups in total. The molecule has 19 heavy (non-hydrogen) atoms. The molecule has 0 aliphatic rings. The number of halogens is 3. The number of carbonyl (C=O) groups is 1. The zero-order valence-electron chi connectivity index (χ0n) is 10.8. The van der Waals surface area contributed by atoms with Crippen LogP contribution < -0.4 is 0 Å². The van der Waals surface area contributed by atoms with Crippen LogP contribution in [0, 0.1) is 0 Å². The van der Waals surface area contributed by atoms with Crippen LogP contribution in [0.5, 0.6) is 0 Å². The third kappa shape index (κ3) is 3.84. The molecule has 0 atom stereocenters. The zero-order valence-corrected chi connectivity index (χ0v) is 10.8. The van der Waals surface area contributed by atoms with E-state index in [4.69, 9.17) is 0 Å². The molecule has 1 aromatic rings. The number of rotatable bonds is 4. The number of hydrogen-bond acceptors (Lipinski definition) is 2. The highest BCUT2D eigenvalue weighted by atomic mass is 19.4. The van der Waals surface area contributed by atoms with E-state index >= 15 is 0 Å². The van der Waals surface area contributed by atoms with E-state index < -0.39 is 17.7 Å². The summed E-state index contributed by atoms with van der Waals surface area (Å²) < 4.78 is 43.3. The van der Waals surface area contributed by atoms with Gasteiger partial charge in [0.15, 0.2) is 0 Å². The van der Waals surface area contributed by atoms with Gasteiger partial charge in [0.2, 0.25) is 0 Å². The summed E-state index contributed by atoms with van der Waals surface area (Å²) in [4.78, 5) is 11.6. The van der Waals surface area contributed by atoms with Crippen molar-refractivity contribution in [2.24, 2.45) is 0 Å². The second-order valence-electron chi connectivity index (χ2n) is 3.94. The minimum Gasteiger partial charge on any atom is -0.465 e. The molecule has 104 valence electrons. The topological polar surface area (TPSA) is 26.3 Å². The van der Waals surface area contributed by atoms with Crippen molar-refractivity contribution >= 4 is 11.5 Å². The number of esters is 1. The Bertz CT molecular complexity index is 476. The molecular formula is C14H15F3O2. The smallest absolute Gasteiger partial charge is 0.417 e. The van der Waals surface area contributed by atoms with E-state index in [2.05, 4.69) is 4.74 Å². The van der Waals surface area contributed by atoms with Crippen LogP contribution in [0.3, 0.4) is 0 Å². The number of alkyl halides is 3. The highest BCUT2D eigenvalue weighted by Gasteiger charge is 2.34. The van der Waals surface area contributed by atoms with E-state index in [9.17, 15) is 18.0 Å². The van der Waals surface area contributed by atoms with Crippen LogP contribution in [0.4, 0.5) is 13.2 Å². The van der Waals surface area contributed by atoms with Crippen molar-refractivity contribution in [1.29, 1.82) is 0 Å². The van der Waals surface area contributed by atoms with Crippen LogP contribution in [0.25, 0.3) is 5.57 Å². The van der Waals surface area contributed by atoms with E-state index in [1.165, 1.54) is 24.3 Å². The van der Waals surface area contributed by atoms with Gasteiger partial charge in [-0.25, -0.2) is 4.79 Å². The lowest BCUT2D eigenvalue weighted by molar-refractivity contribution is -0.138. The van der Waals surface area contributed by atoms with E-state index in [0.29, 0.717) is 6.42 Å². The van der Waals surface area contributed by atoms with Gasteiger partial charge < -0.3 is 4.74 Å². The fourth-order valence-electron chi connectivity index (χ4n) is 1.67. The van der Waals surface area contributed by atoms with Crippen LogP contribution in [0.2, 0.25) is 0 Å². The van der Waals surface area contributed by atoms with Gasteiger partial charge in [-0.2, -0.15) is 13.2 Å². The van der Waals surface area contributed by atoms with Crippen molar-refractivity contribution < 1.29 is 22.7 Å². The molecule has 0 aliphatic carbocycles. The standard InChI is InChI=1S/C14H15F3O2/c1-3-4-7-11(13(18)19-2)10-8-5-6-9-12(10)14(15,16)17/h5-9H,3-4H2,1-2H3. The van der Waals surface area contributed by atoms with E-state index in [-0.39, 0.29) is 11.1 Å². The molecule has 5 heteroatoms. The molecule has 0 heterocycles. The van der Waals surface area contributed by atoms with Gasteiger partial charge in [-0.3, -0.25) is 0 Å². The Hall–Kier alpha value is -1.78. The fourth-order valence-corrected chi connectivity index (χ4v) is 1.67. The SMILES string of the molecule is CCCC=C(C(=O)OC)c1ccccc1C(F)(F)F. The number of carbonyl (C=O) groups excluding carboxylic acids is 1. The molecule has 0 saturated heterocycles. The van der Waals surface area contributed by atoms with Crippen molar-refractivity contribution in [1.82, 2.24) is 0 Å². The van der Waals surface area contributed by atoms with Gasteiger partial charge in [0.05, 0.1) is 18.2 Å². The largest absolute Gasteiger partial charge is 0.465 e. The van der Waals surface area contributed by atoms with Gasteiger partial charge in [-0.15, -0.1) is 0 Å². The summed E-state index contributed by atoms with van der Waals surface area (Å²) in [6.07, 6.45) is -1.78. The molecular weight excluding hydrogens is 257 g/mol. The highest BCUT2D eigenvalue weighted by molar-refractivity contribution is 6.16. The van der Waals surface area contributed by atoms with Crippen molar-refractivity contribution in [3.05, 3.63) is 41.5 Å². The summed E-state index contributed by atoms with van der Waals surface area (Å²) >= 11 is 0. The molecule has 0 spiro atoms. The van der Waals surface area contributed by atoms with Crippen molar-refractivity contribution in [3.63, 3.8) is 0 Å². The zero-order chi connectivity index (χ0) is 14.5. The van der Waals surface area contributed by atoms with Crippen LogP contribution in [0.1, 0.15) is 30.9 Å². The van der Waals surface area contributed by atoms with Crippen molar-refractivity contribution in [3.8, 4) is 0 Å². The minimum absolute atomic E-state index is 0.0442. The molecule has 1 aromatic carbocycles. The van der Waals surface area contributed by atoms with Gasteiger partial charge in [0, 0.05) is 5.56 Å². The van der Waals surface area contributed by atoms with Crippen LogP contribution >= 0.6 is 0 Å². The van der Waals surface area contributed by atoms with Crippen molar-refractivity contribution in [2.45, 2.75) is 25.9 Å². The molecule has 1 rings (SSSR count). The van der Waals surface area contributed by atoms with E-state index in [1.54, 1.807) is 0 Å². The summed E-state index contributed by atoms with van der Waals surface area (Å²) in [5, 5.41) is 0. The maximum Gasteiger partial charge on any atom is 0.417 e. The van der Waals surface area contributed by atoms with Gasteiger partial charge in [-0.05, 0) is 12.5 Å². The second-order valence-corrected chi connectivity index (χ2v) is 3.94. The molecule has 2 nitrogen and oxygen atoms in total. The Kier molecular flexibility index (Phi) is 5.15. The van der Waals surface area contributed by atoms with Gasteiger partial charge in [0.25, 0.3) is 0 Å². The first-order chi connectivity index (χ1) is 8.91. The Labute approximate surface area is 109 Å². The molecule has 0 fully saturated rings. The number of unbranched alkanes of at least 4 members (excludes halogenated alkanes) is 1. The van der Waals surface area contributed by atoms with E-state index in [1.807, 2.05) is 6.92 Å². The Morgan fingerprint density at radius 2 is 1.95 bits per heavy atom. The Balaban J connectivity index is 3.35. The number of ether oxygens (including phenoxy) is 1. The first-order valence-electron chi connectivity index (χ1n) is 5.86. The number of benzene rings is 1. The van der Waals surface area contributed by atoms with Crippen LogP contribution in [-0.2, 0) is 15.7 Å². The van der Waals surface area contributed by atoms with Gasteiger partial charge in [-0.1, -0.05) is 37.6 Å². The van der Waals surface area contributed by atoms with Crippen LogP contribution in [-0.4, -0.2) is 13.1 Å². The number of allylic oxidation sites excluding steroid dienone is 1. The second kappa shape index (κ2) is 6.41. The predicted molar refractivity (Wildman–Crippen MR) is 66.3 cm³/mol. The average molecular weight is 272 g/mol. The highest BCUT2D eigenvalue weighted by Crippen LogP contribution is 2.35. The Morgan fingerprint density at radius 3 is 2.47 bits per heavy atom. The molecule has 0 unspecified atom stereocenters. The third-order valence-corrected chi connectivity index (χ3v) is 2.57. The lowest BCUT2D eigenvalue weighted by Gasteiger charge is -2.14. The van der Waals surface area contributed by atoms with Gasteiger partial charge in [0.1, 0.15) is 0 Å². The molecule has 0 aliphatic heterocycles. The first-order valence-corrected chi connectivity index (χ1v) is 5.86. The average Bonchev–Trinajstić information content (AvgIpc) is 2.38. The molecule has 0 saturated carbocycles. The summed E-state index contributed by atoms with van der Waals surface area (Å²) in [5.41, 5.74) is -1.02. The molecule has 0 radical (unpaired) electrons. The Morgan fingerprint density at radius 1 is 1.32 bits per heavy atom. The number of hydrogen-bond donors (Lipinski definition) is 0. The quantitative estimate of drug-likeness (QED) is 0.610. The molecule has 0 amide bonds. The van der Waals surface area contributed by atoms with E-state index in [0.717, 1.165) is 19.6 Å². The summed E-state index contributed by atoms with van der Waals surface area (Å²) in [6, 6.07) is 4.99. The van der Waals surface area contributed by atoms with Crippen molar-refractivity contribution in [2.75, 3.05) is 7.11 Å². The lowest BCUT2D eigenvalue weighted by atomic mass is 9.98. The summed E-state index contributed by atoms with van der Waals surface area (Å²) in [7, 11) is 1.15. The minimum atomic E-state index is -4.50. The predicted octanol–water partition coefficient (Wildman–Crippen LogP) is 4.06. The van der Waals surface area contributed by atoms with Crippen LogP contribution in [0.15, 0.2) is 30.3 Å². The summed E-state index contributed by atoms with van der Waals surface area (Å²) in [6.45, 7) is 1.88. The maximum absolute atomic E-state index is 12.9. The lowest BCUT2D eigenvalue weighted by Crippen LogP contribution is -2.12. The first kappa shape index (κ1) is 15.3. The normalized spacial score (nSPS) is 12.4. The van der Waals surface area contributed by atoms with Gasteiger partial charge >= 0.3 is 12.1 Å². The number of methoxy groups -OCH3 is 1. The summed E-state index contributed by atoms with van der Waals surface area (Å²) in [5.74, 6) is -0.759. The molecule has 0 aromatic heterocycles. The third-order valence-electron chi connectivity index (χ3n) is 2.57. The monoisotopic (exact) mass is 272 g/mol. The molecule has 0 bridgehead atoms. The maximum atomic E-state index is 12.9.